The van der Waals surface area contributed by atoms with Crippen LogP contribution in [0.15, 0.2) is 32.9 Å². The van der Waals surface area contributed by atoms with E-state index in [9.17, 15) is 9.90 Å². The topological polar surface area (TPSA) is 113 Å². The standard InChI is InChI=1S/C13H15Cl2N5O2S/c1-7-11(23-8-2-4-17-10(15)9(8)14)20-13(6-18-7,12(21)22)19-5-3-16/h2,4,6,19-20H,3,5,16H2,1H3,(H,21,22). The molecule has 5 N–H and O–H groups in total. The summed E-state index contributed by atoms with van der Waals surface area (Å²) in [6.45, 7) is 2.36. The number of pyridine rings is 1. The molecule has 1 unspecified atom stereocenters. The van der Waals surface area contributed by atoms with Crippen LogP contribution in [0.1, 0.15) is 6.92 Å². The SMILES string of the molecule is CC1=C(Sc2ccnc(Cl)c2Cl)NC(NCCN)(C(=O)O)C=N1. The molecule has 0 radical (unpaired) electrons. The number of aromatic nitrogens is 1. The molecule has 0 spiro atoms. The summed E-state index contributed by atoms with van der Waals surface area (Å²) < 4.78 is 0. The highest BCUT2D eigenvalue weighted by atomic mass is 35.5. The van der Waals surface area contributed by atoms with E-state index in [1.54, 1.807) is 13.0 Å². The van der Waals surface area contributed by atoms with Crippen LogP contribution in [0.5, 0.6) is 0 Å². The van der Waals surface area contributed by atoms with Crippen LogP contribution in [0.2, 0.25) is 10.2 Å². The minimum atomic E-state index is -1.52. The van der Waals surface area contributed by atoms with E-state index in [1.807, 2.05) is 0 Å². The molecule has 2 heterocycles. The van der Waals surface area contributed by atoms with Crippen molar-refractivity contribution in [3.8, 4) is 0 Å². The Kier molecular flexibility index (Phi) is 5.88. The monoisotopic (exact) mass is 375 g/mol. The maximum Gasteiger partial charge on any atom is 0.350 e. The van der Waals surface area contributed by atoms with Crippen LogP contribution in [-0.4, -0.2) is 41.0 Å². The molecule has 0 aliphatic carbocycles. The van der Waals surface area contributed by atoms with Crippen molar-refractivity contribution in [3.05, 3.63) is 33.2 Å². The molecule has 23 heavy (non-hydrogen) atoms. The average Bonchev–Trinajstić information content (AvgIpc) is 2.52. The zero-order valence-corrected chi connectivity index (χ0v) is 14.5. The van der Waals surface area contributed by atoms with E-state index in [1.165, 1.54) is 24.2 Å². The quantitative estimate of drug-likeness (QED) is 0.559. The molecule has 1 aliphatic heterocycles. The molecule has 1 atom stereocenters. The molecule has 124 valence electrons. The average molecular weight is 376 g/mol. The predicted octanol–water partition coefficient (Wildman–Crippen LogP) is 1.67. The molecule has 0 saturated carbocycles. The highest BCUT2D eigenvalue weighted by Crippen LogP contribution is 2.37. The Balaban J connectivity index is 2.29. The van der Waals surface area contributed by atoms with Crippen molar-refractivity contribution < 1.29 is 9.90 Å². The minimum absolute atomic E-state index is 0.181. The van der Waals surface area contributed by atoms with Crippen LogP contribution in [0.4, 0.5) is 0 Å². The van der Waals surface area contributed by atoms with Crippen LogP contribution < -0.4 is 16.4 Å². The van der Waals surface area contributed by atoms with Gasteiger partial charge in [-0.1, -0.05) is 35.0 Å². The predicted molar refractivity (Wildman–Crippen MR) is 91.9 cm³/mol. The normalized spacial score (nSPS) is 20.5. The van der Waals surface area contributed by atoms with Gasteiger partial charge in [-0.3, -0.25) is 10.3 Å². The Hall–Kier alpha value is -1.32. The van der Waals surface area contributed by atoms with E-state index in [4.69, 9.17) is 28.9 Å². The summed E-state index contributed by atoms with van der Waals surface area (Å²) >= 11 is 13.3. The third kappa shape index (κ3) is 3.96. The van der Waals surface area contributed by atoms with Crippen molar-refractivity contribution in [1.82, 2.24) is 15.6 Å². The van der Waals surface area contributed by atoms with E-state index < -0.39 is 11.6 Å². The van der Waals surface area contributed by atoms with Crippen LogP contribution in [0.25, 0.3) is 0 Å². The number of carboxylic acid groups (broad SMARTS) is 1. The van der Waals surface area contributed by atoms with Gasteiger partial charge in [0.05, 0.1) is 22.0 Å². The second-order valence-corrected chi connectivity index (χ2v) is 6.43. The van der Waals surface area contributed by atoms with Gasteiger partial charge < -0.3 is 16.2 Å². The van der Waals surface area contributed by atoms with Gasteiger partial charge in [-0.05, 0) is 13.0 Å². The number of rotatable bonds is 6. The third-order valence-electron chi connectivity index (χ3n) is 3.00. The largest absolute Gasteiger partial charge is 0.478 e. The molecule has 7 nitrogen and oxygen atoms in total. The van der Waals surface area contributed by atoms with Crippen molar-refractivity contribution in [3.63, 3.8) is 0 Å². The number of nitrogens with two attached hydrogens (primary N) is 1. The second kappa shape index (κ2) is 7.50. The molecule has 1 aromatic rings. The Morgan fingerprint density at radius 1 is 1.57 bits per heavy atom. The number of thioether (sulfide) groups is 1. The lowest BCUT2D eigenvalue weighted by Gasteiger charge is -2.32. The number of hydrogen-bond acceptors (Lipinski definition) is 7. The van der Waals surface area contributed by atoms with Gasteiger partial charge in [0.15, 0.2) is 0 Å². The maximum absolute atomic E-state index is 11.7. The molecule has 0 saturated heterocycles. The molecule has 1 aliphatic rings. The van der Waals surface area contributed by atoms with Gasteiger partial charge in [0.25, 0.3) is 0 Å². The summed E-state index contributed by atoms with van der Waals surface area (Å²) in [6.07, 6.45) is 2.83. The van der Waals surface area contributed by atoms with E-state index in [0.29, 0.717) is 33.7 Å². The molecule has 0 amide bonds. The summed E-state index contributed by atoms with van der Waals surface area (Å²) in [5.74, 6) is -1.11. The number of halogens is 2. The van der Waals surface area contributed by atoms with Gasteiger partial charge in [0, 0.05) is 24.2 Å². The Labute approximate surface area is 147 Å². The van der Waals surface area contributed by atoms with Crippen molar-refractivity contribution in [1.29, 1.82) is 0 Å². The molecule has 0 bridgehead atoms. The summed E-state index contributed by atoms with van der Waals surface area (Å²) in [6, 6.07) is 1.69. The fourth-order valence-corrected chi connectivity index (χ4v) is 3.18. The van der Waals surface area contributed by atoms with Gasteiger partial charge in [0.2, 0.25) is 5.66 Å². The number of carbonyl (C=O) groups is 1. The first kappa shape index (κ1) is 18.0. The lowest BCUT2D eigenvalue weighted by atomic mass is 10.1. The Morgan fingerprint density at radius 2 is 2.30 bits per heavy atom. The zero-order chi connectivity index (χ0) is 17.0. The fraction of sp³-hybridized carbons (Fsp3) is 0.308. The Bertz CT molecular complexity index is 682. The van der Waals surface area contributed by atoms with E-state index in [-0.39, 0.29) is 5.15 Å². The zero-order valence-electron chi connectivity index (χ0n) is 12.1. The summed E-state index contributed by atoms with van der Waals surface area (Å²) in [5.41, 5.74) is 4.55. The Morgan fingerprint density at radius 3 is 2.96 bits per heavy atom. The summed E-state index contributed by atoms with van der Waals surface area (Å²) in [5, 5.41) is 16.4. The number of allylic oxidation sites excluding steroid dienone is 1. The number of aliphatic imine (C=N–C) groups is 1. The molecular weight excluding hydrogens is 361 g/mol. The second-order valence-electron chi connectivity index (χ2n) is 4.64. The lowest BCUT2D eigenvalue weighted by molar-refractivity contribution is -0.142. The molecule has 10 heteroatoms. The molecule has 0 fully saturated rings. The van der Waals surface area contributed by atoms with Crippen molar-refractivity contribution >= 4 is 47.1 Å². The maximum atomic E-state index is 11.7. The van der Waals surface area contributed by atoms with Crippen molar-refractivity contribution in [2.24, 2.45) is 10.7 Å². The van der Waals surface area contributed by atoms with E-state index in [2.05, 4.69) is 20.6 Å². The number of nitrogens with zero attached hydrogens (tertiary/aromatic N) is 2. The molecule has 0 aromatic carbocycles. The smallest absolute Gasteiger partial charge is 0.350 e. The number of nitrogens with one attached hydrogen (secondary N) is 2. The first-order valence-electron chi connectivity index (χ1n) is 6.60. The number of aliphatic carboxylic acids is 1. The van der Waals surface area contributed by atoms with Crippen molar-refractivity contribution in [2.45, 2.75) is 17.5 Å². The molecule has 1 aromatic heterocycles. The van der Waals surface area contributed by atoms with Crippen molar-refractivity contribution in [2.75, 3.05) is 13.1 Å². The lowest BCUT2D eigenvalue weighted by Crippen LogP contribution is -2.65. The number of hydrogen-bond donors (Lipinski definition) is 4. The van der Waals surface area contributed by atoms with Crippen LogP contribution in [-0.2, 0) is 4.79 Å². The highest BCUT2D eigenvalue weighted by Gasteiger charge is 2.39. The third-order valence-corrected chi connectivity index (χ3v) is 5.04. The van der Waals surface area contributed by atoms with Gasteiger partial charge in [-0.25, -0.2) is 9.78 Å². The highest BCUT2D eigenvalue weighted by molar-refractivity contribution is 8.03. The first-order valence-corrected chi connectivity index (χ1v) is 8.17. The molecular formula is C13H15Cl2N5O2S. The van der Waals surface area contributed by atoms with Gasteiger partial charge in [-0.2, -0.15) is 0 Å². The first-order chi connectivity index (χ1) is 10.9. The van der Waals surface area contributed by atoms with Gasteiger partial charge >= 0.3 is 5.97 Å². The molecule has 2 rings (SSSR count). The van der Waals surface area contributed by atoms with E-state index >= 15 is 0 Å². The fourth-order valence-electron chi connectivity index (χ4n) is 1.79. The summed E-state index contributed by atoms with van der Waals surface area (Å²) in [4.78, 5) is 20.4. The minimum Gasteiger partial charge on any atom is -0.478 e. The van der Waals surface area contributed by atoms with Gasteiger partial charge in [-0.15, -0.1) is 0 Å². The van der Waals surface area contributed by atoms with Crippen LogP contribution in [0.3, 0.4) is 0 Å². The van der Waals surface area contributed by atoms with Crippen LogP contribution in [0, 0.1) is 0 Å². The van der Waals surface area contributed by atoms with Crippen LogP contribution >= 0.6 is 35.0 Å². The van der Waals surface area contributed by atoms with Gasteiger partial charge in [0.1, 0.15) is 5.15 Å². The van der Waals surface area contributed by atoms with E-state index in [0.717, 1.165) is 0 Å². The number of carboxylic acids is 1. The summed E-state index contributed by atoms with van der Waals surface area (Å²) in [7, 11) is 0.